The Hall–Kier alpha value is -2.24. The van der Waals surface area contributed by atoms with E-state index in [4.69, 9.17) is 19.4 Å². The molecule has 2 aliphatic heterocycles. The minimum atomic E-state index is -5.08. The Bertz CT molecular complexity index is 762. The molecule has 8 nitrogen and oxygen atoms in total. The van der Waals surface area contributed by atoms with E-state index in [9.17, 15) is 18.0 Å². The van der Waals surface area contributed by atoms with Gasteiger partial charge < -0.3 is 19.5 Å². The number of halogens is 3. The molecule has 2 saturated heterocycles. The van der Waals surface area contributed by atoms with Crippen LogP contribution in [0.5, 0.6) is 0 Å². The number of pyridine rings is 1. The van der Waals surface area contributed by atoms with E-state index in [1.54, 1.807) is 14.2 Å². The molecular weight excluding hydrogens is 419 g/mol. The summed E-state index contributed by atoms with van der Waals surface area (Å²) in [5.74, 6) is -2.36. The van der Waals surface area contributed by atoms with E-state index in [0.29, 0.717) is 18.2 Å². The zero-order chi connectivity index (χ0) is 23.2. The van der Waals surface area contributed by atoms with Gasteiger partial charge >= 0.3 is 12.1 Å². The highest BCUT2D eigenvalue weighted by atomic mass is 19.4. The van der Waals surface area contributed by atoms with Crippen molar-refractivity contribution < 1.29 is 37.3 Å². The minimum Gasteiger partial charge on any atom is -0.475 e. The maximum absolute atomic E-state index is 13.0. The lowest BCUT2D eigenvalue weighted by atomic mass is 9.88. The van der Waals surface area contributed by atoms with Crippen LogP contribution in [-0.4, -0.2) is 97.1 Å². The summed E-state index contributed by atoms with van der Waals surface area (Å²) in [5.41, 5.74) is 1.41. The van der Waals surface area contributed by atoms with E-state index in [2.05, 4.69) is 9.88 Å². The molecule has 174 valence electrons. The van der Waals surface area contributed by atoms with Crippen molar-refractivity contribution in [2.75, 3.05) is 47.0 Å². The summed E-state index contributed by atoms with van der Waals surface area (Å²) in [6.07, 6.45) is -3.98. The van der Waals surface area contributed by atoms with Gasteiger partial charge in [0.15, 0.2) is 0 Å². The van der Waals surface area contributed by atoms with Gasteiger partial charge in [-0.15, -0.1) is 0 Å². The zero-order valence-corrected chi connectivity index (χ0v) is 17.8. The second kappa shape index (κ2) is 10.9. The molecule has 2 aliphatic rings. The van der Waals surface area contributed by atoms with Crippen LogP contribution in [0.25, 0.3) is 0 Å². The zero-order valence-electron chi connectivity index (χ0n) is 17.8. The molecule has 3 rings (SSSR count). The third-order valence-corrected chi connectivity index (χ3v) is 5.47. The first kappa shape index (κ1) is 25.0. The summed E-state index contributed by atoms with van der Waals surface area (Å²) in [6.45, 7) is 6.09. The molecule has 0 bridgehead atoms. The summed E-state index contributed by atoms with van der Waals surface area (Å²) in [5, 5.41) is 7.12. The molecule has 1 aromatic rings. The van der Waals surface area contributed by atoms with Gasteiger partial charge in [-0.25, -0.2) is 9.78 Å². The van der Waals surface area contributed by atoms with Gasteiger partial charge in [-0.3, -0.25) is 9.69 Å². The van der Waals surface area contributed by atoms with Gasteiger partial charge in [0.2, 0.25) is 0 Å². The lowest BCUT2D eigenvalue weighted by Gasteiger charge is -2.41. The minimum absolute atomic E-state index is 0.0387. The van der Waals surface area contributed by atoms with Crippen molar-refractivity contribution in [2.45, 2.75) is 31.7 Å². The number of hydrogen-bond acceptors (Lipinski definition) is 6. The first-order valence-corrected chi connectivity index (χ1v) is 9.87. The average molecular weight is 447 g/mol. The number of carboxylic acids is 1. The number of fused-ring (bicyclic) bond motifs is 1. The third kappa shape index (κ3) is 6.62. The van der Waals surface area contributed by atoms with E-state index in [0.717, 1.165) is 38.3 Å². The highest BCUT2D eigenvalue weighted by Crippen LogP contribution is 2.33. The number of alkyl halides is 3. The predicted molar refractivity (Wildman–Crippen MR) is 105 cm³/mol. The monoisotopic (exact) mass is 447 g/mol. The number of hydrogen-bond donors (Lipinski definition) is 1. The normalized spacial score (nSPS) is 23.7. The number of methoxy groups -OCH3 is 2. The SMILES string of the molecule is COCCN1C[C@H]2[C@@H](C1)N(C(=O)c1cccc(C)n1)CC[C@H]2OC.O=C(O)C(F)(F)F. The van der Waals surface area contributed by atoms with E-state index >= 15 is 0 Å². The first-order chi connectivity index (χ1) is 14.6. The van der Waals surface area contributed by atoms with Crippen molar-refractivity contribution in [1.82, 2.24) is 14.8 Å². The lowest BCUT2D eigenvalue weighted by molar-refractivity contribution is -0.192. The molecule has 1 amide bonds. The van der Waals surface area contributed by atoms with Crippen molar-refractivity contribution in [3.63, 3.8) is 0 Å². The number of aryl methyl sites for hydroxylation is 1. The molecule has 31 heavy (non-hydrogen) atoms. The van der Waals surface area contributed by atoms with E-state index in [1.165, 1.54) is 0 Å². The molecule has 0 saturated carbocycles. The molecule has 0 unspecified atom stereocenters. The smallest absolute Gasteiger partial charge is 0.475 e. The molecule has 3 heterocycles. The molecule has 0 aliphatic carbocycles. The van der Waals surface area contributed by atoms with Gasteiger partial charge in [0.05, 0.1) is 18.8 Å². The number of carbonyl (C=O) groups excluding carboxylic acids is 1. The van der Waals surface area contributed by atoms with Crippen molar-refractivity contribution in [3.8, 4) is 0 Å². The van der Waals surface area contributed by atoms with Gasteiger partial charge in [-0.2, -0.15) is 13.2 Å². The van der Waals surface area contributed by atoms with Gasteiger partial charge in [-0.1, -0.05) is 6.07 Å². The summed E-state index contributed by atoms with van der Waals surface area (Å²) < 4.78 is 42.6. The van der Waals surface area contributed by atoms with Crippen molar-refractivity contribution in [2.24, 2.45) is 5.92 Å². The van der Waals surface area contributed by atoms with Gasteiger partial charge in [-0.05, 0) is 25.5 Å². The van der Waals surface area contributed by atoms with Crippen LogP contribution in [0, 0.1) is 12.8 Å². The Morgan fingerprint density at radius 3 is 2.48 bits per heavy atom. The quantitative estimate of drug-likeness (QED) is 0.736. The maximum Gasteiger partial charge on any atom is 0.490 e. The second-order valence-electron chi connectivity index (χ2n) is 7.51. The van der Waals surface area contributed by atoms with Crippen LogP contribution in [0.1, 0.15) is 22.6 Å². The second-order valence-corrected chi connectivity index (χ2v) is 7.51. The van der Waals surface area contributed by atoms with Crippen LogP contribution in [0.3, 0.4) is 0 Å². The Balaban J connectivity index is 0.000000423. The first-order valence-electron chi connectivity index (χ1n) is 9.87. The van der Waals surface area contributed by atoms with Crippen molar-refractivity contribution in [3.05, 3.63) is 29.6 Å². The Morgan fingerprint density at radius 2 is 1.94 bits per heavy atom. The number of amides is 1. The maximum atomic E-state index is 13.0. The molecule has 1 N–H and O–H groups in total. The number of piperidine rings is 1. The van der Waals surface area contributed by atoms with Crippen LogP contribution in [-0.2, 0) is 14.3 Å². The van der Waals surface area contributed by atoms with Gasteiger partial charge in [0.1, 0.15) is 5.69 Å². The number of aliphatic carboxylic acids is 1. The highest BCUT2D eigenvalue weighted by molar-refractivity contribution is 5.92. The van der Waals surface area contributed by atoms with E-state index < -0.39 is 12.1 Å². The number of rotatable bonds is 5. The van der Waals surface area contributed by atoms with E-state index in [-0.39, 0.29) is 18.1 Å². The molecule has 1 aromatic heterocycles. The fourth-order valence-electron chi connectivity index (χ4n) is 3.99. The van der Waals surface area contributed by atoms with Crippen LogP contribution < -0.4 is 0 Å². The Morgan fingerprint density at radius 1 is 1.26 bits per heavy atom. The molecule has 0 spiro atoms. The fraction of sp³-hybridized carbons (Fsp3) is 0.650. The van der Waals surface area contributed by atoms with E-state index in [1.807, 2.05) is 30.0 Å². The third-order valence-electron chi connectivity index (χ3n) is 5.47. The fourth-order valence-corrected chi connectivity index (χ4v) is 3.99. The van der Waals surface area contributed by atoms with Crippen molar-refractivity contribution >= 4 is 11.9 Å². The molecule has 0 radical (unpaired) electrons. The largest absolute Gasteiger partial charge is 0.490 e. The molecule has 11 heteroatoms. The molecule has 0 aromatic carbocycles. The van der Waals surface area contributed by atoms with Crippen LogP contribution in [0.15, 0.2) is 18.2 Å². The van der Waals surface area contributed by atoms with Gasteiger partial charge in [0.25, 0.3) is 5.91 Å². The predicted octanol–water partition coefficient (Wildman–Crippen LogP) is 1.83. The topological polar surface area (TPSA) is 92.2 Å². The number of ether oxygens (including phenoxy) is 2. The number of carboxylic acid groups (broad SMARTS) is 1. The van der Waals surface area contributed by atoms with Crippen LogP contribution in [0.2, 0.25) is 0 Å². The summed E-state index contributed by atoms with van der Waals surface area (Å²) in [4.78, 5) is 30.7. The summed E-state index contributed by atoms with van der Waals surface area (Å²) >= 11 is 0. The molecular formula is C20H28F3N3O5. The molecule has 2 fully saturated rings. The Kier molecular flexibility index (Phi) is 8.78. The van der Waals surface area contributed by atoms with Crippen LogP contribution in [0.4, 0.5) is 13.2 Å². The average Bonchev–Trinajstić information content (AvgIpc) is 3.15. The summed E-state index contributed by atoms with van der Waals surface area (Å²) in [7, 11) is 3.50. The number of nitrogens with zero attached hydrogens (tertiary/aromatic N) is 3. The standard InChI is InChI=1S/C18H27N3O3.C2HF3O2/c1-13-5-4-6-15(19-13)18(22)21-8-7-17(24-3)14-11-20(9-10-23-2)12-16(14)21;3-2(4,5)1(6)7/h4-6,14,16-17H,7-12H2,1-3H3;(H,6,7)/t14-,16+,17+;/m0./s1. The highest BCUT2D eigenvalue weighted by Gasteiger charge is 2.46. The number of likely N-dealkylation sites (tertiary alicyclic amines) is 2. The summed E-state index contributed by atoms with van der Waals surface area (Å²) in [6, 6.07) is 5.81. The number of carbonyl (C=O) groups is 2. The lowest BCUT2D eigenvalue weighted by Crippen LogP contribution is -2.53. The number of aromatic nitrogens is 1. The van der Waals surface area contributed by atoms with Crippen LogP contribution >= 0.6 is 0 Å². The molecule has 3 atom stereocenters. The van der Waals surface area contributed by atoms with Crippen molar-refractivity contribution in [1.29, 1.82) is 0 Å². The Labute approximate surface area is 178 Å². The van der Waals surface area contributed by atoms with Gasteiger partial charge in [0, 0.05) is 52.0 Å².